The quantitative estimate of drug-likeness (QED) is 0.444. The van der Waals surface area contributed by atoms with Crippen molar-refractivity contribution in [2.24, 2.45) is 0 Å². The summed E-state index contributed by atoms with van der Waals surface area (Å²) in [5.41, 5.74) is 6.43. The van der Waals surface area contributed by atoms with Gasteiger partial charge in [-0.1, -0.05) is 30.8 Å². The SMILES string of the molecule is CC(CCl)Sc1ncnc(NCc2ccc(C(F)(F)F)cc2)c1N. The Morgan fingerprint density at radius 2 is 1.92 bits per heavy atom. The molecule has 0 radical (unpaired) electrons. The summed E-state index contributed by atoms with van der Waals surface area (Å²) in [6, 6.07) is 4.92. The maximum atomic E-state index is 12.5. The van der Waals surface area contributed by atoms with Crippen LogP contribution in [0.5, 0.6) is 0 Å². The van der Waals surface area contributed by atoms with Gasteiger partial charge in [-0.3, -0.25) is 0 Å². The largest absolute Gasteiger partial charge is 0.416 e. The highest BCUT2D eigenvalue weighted by molar-refractivity contribution is 8.00. The van der Waals surface area contributed by atoms with Gasteiger partial charge in [0.25, 0.3) is 0 Å². The van der Waals surface area contributed by atoms with Crippen LogP contribution in [-0.4, -0.2) is 21.1 Å². The van der Waals surface area contributed by atoms with Crippen molar-refractivity contribution >= 4 is 34.9 Å². The second-order valence-electron chi connectivity index (χ2n) is 5.07. The first-order valence-electron chi connectivity index (χ1n) is 7.04. The number of nitrogens with zero attached hydrogens (tertiary/aromatic N) is 2. The van der Waals surface area contributed by atoms with E-state index in [9.17, 15) is 13.2 Å². The summed E-state index contributed by atoms with van der Waals surface area (Å²) in [5.74, 6) is 0.900. The lowest BCUT2D eigenvalue weighted by molar-refractivity contribution is -0.137. The molecule has 0 aliphatic carbocycles. The lowest BCUT2D eigenvalue weighted by Crippen LogP contribution is -2.08. The summed E-state index contributed by atoms with van der Waals surface area (Å²) in [5, 5.41) is 3.78. The number of thioether (sulfide) groups is 1. The van der Waals surface area contributed by atoms with E-state index in [1.54, 1.807) is 0 Å². The second-order valence-corrected chi connectivity index (χ2v) is 6.81. The third-order valence-corrected chi connectivity index (χ3v) is 4.88. The van der Waals surface area contributed by atoms with E-state index >= 15 is 0 Å². The fraction of sp³-hybridized carbons (Fsp3) is 0.333. The number of aromatic nitrogens is 2. The summed E-state index contributed by atoms with van der Waals surface area (Å²) in [4.78, 5) is 8.19. The zero-order chi connectivity index (χ0) is 17.7. The van der Waals surface area contributed by atoms with Gasteiger partial charge in [-0.15, -0.1) is 11.6 Å². The monoisotopic (exact) mass is 376 g/mol. The number of hydrogen-bond donors (Lipinski definition) is 2. The molecule has 0 bridgehead atoms. The van der Waals surface area contributed by atoms with Gasteiger partial charge in [-0.05, 0) is 17.7 Å². The molecule has 0 fully saturated rings. The molecule has 24 heavy (non-hydrogen) atoms. The van der Waals surface area contributed by atoms with E-state index in [1.807, 2.05) is 6.92 Å². The summed E-state index contributed by atoms with van der Waals surface area (Å²) < 4.78 is 37.6. The van der Waals surface area contributed by atoms with Gasteiger partial charge in [0.15, 0.2) is 5.82 Å². The lowest BCUT2D eigenvalue weighted by Gasteiger charge is -2.13. The molecule has 0 aliphatic rings. The van der Waals surface area contributed by atoms with Crippen LogP contribution in [0.15, 0.2) is 35.6 Å². The molecule has 1 aromatic heterocycles. The van der Waals surface area contributed by atoms with Crippen molar-refractivity contribution in [3.8, 4) is 0 Å². The standard InChI is InChI=1S/C15H16ClF3N4S/c1-9(6-16)24-14-12(20)13(22-8-23-14)21-7-10-2-4-11(5-3-10)15(17,18)19/h2-5,8-9H,6-7,20H2,1H3,(H,21,22,23). The molecule has 4 nitrogen and oxygen atoms in total. The molecular weight excluding hydrogens is 361 g/mol. The van der Waals surface area contributed by atoms with Crippen LogP contribution in [0.3, 0.4) is 0 Å². The molecule has 2 rings (SSSR count). The summed E-state index contributed by atoms with van der Waals surface area (Å²) in [6.45, 7) is 2.25. The molecule has 1 atom stereocenters. The Morgan fingerprint density at radius 1 is 1.25 bits per heavy atom. The molecule has 1 aromatic carbocycles. The van der Waals surface area contributed by atoms with Crippen molar-refractivity contribution in [1.29, 1.82) is 0 Å². The summed E-state index contributed by atoms with van der Waals surface area (Å²) >= 11 is 7.22. The fourth-order valence-electron chi connectivity index (χ4n) is 1.83. The molecule has 0 aliphatic heterocycles. The minimum Gasteiger partial charge on any atom is -0.394 e. The van der Waals surface area contributed by atoms with Crippen molar-refractivity contribution in [3.63, 3.8) is 0 Å². The van der Waals surface area contributed by atoms with Crippen LogP contribution in [0, 0.1) is 0 Å². The fourth-order valence-corrected chi connectivity index (χ4v) is 2.80. The minimum absolute atomic E-state index is 0.145. The number of nitrogens with two attached hydrogens (primary N) is 1. The molecule has 9 heteroatoms. The number of halogens is 4. The van der Waals surface area contributed by atoms with Crippen molar-refractivity contribution in [3.05, 3.63) is 41.7 Å². The van der Waals surface area contributed by atoms with Crippen LogP contribution in [0.1, 0.15) is 18.1 Å². The summed E-state index contributed by atoms with van der Waals surface area (Å²) in [6.07, 6.45) is -2.96. The Bertz CT molecular complexity index is 679. The first-order valence-corrected chi connectivity index (χ1v) is 8.45. The third-order valence-electron chi connectivity index (χ3n) is 3.12. The average molecular weight is 377 g/mol. The van der Waals surface area contributed by atoms with Crippen LogP contribution in [-0.2, 0) is 12.7 Å². The summed E-state index contributed by atoms with van der Waals surface area (Å²) in [7, 11) is 0. The Hall–Kier alpha value is -1.67. The Kier molecular flexibility index (Phi) is 6.17. The Balaban J connectivity index is 2.05. The number of nitrogen functional groups attached to an aromatic ring is 1. The van der Waals surface area contributed by atoms with E-state index in [0.717, 1.165) is 12.1 Å². The van der Waals surface area contributed by atoms with Crippen LogP contribution < -0.4 is 11.1 Å². The topological polar surface area (TPSA) is 63.8 Å². The van der Waals surface area contributed by atoms with Crippen LogP contribution in [0.25, 0.3) is 0 Å². The van der Waals surface area contributed by atoms with E-state index < -0.39 is 11.7 Å². The Labute approximate surface area is 147 Å². The molecule has 0 saturated carbocycles. The van der Waals surface area contributed by atoms with Crippen LogP contribution in [0.2, 0.25) is 0 Å². The zero-order valence-corrected chi connectivity index (χ0v) is 14.3. The highest BCUT2D eigenvalue weighted by atomic mass is 35.5. The van der Waals surface area contributed by atoms with Crippen LogP contribution in [0.4, 0.5) is 24.7 Å². The zero-order valence-electron chi connectivity index (χ0n) is 12.8. The van der Waals surface area contributed by atoms with Gasteiger partial charge in [0.2, 0.25) is 0 Å². The molecule has 130 valence electrons. The molecule has 3 N–H and O–H groups in total. The number of rotatable bonds is 6. The van der Waals surface area contributed by atoms with E-state index in [0.29, 0.717) is 34.5 Å². The van der Waals surface area contributed by atoms with Crippen molar-refractivity contribution in [1.82, 2.24) is 9.97 Å². The van der Waals surface area contributed by atoms with Gasteiger partial charge in [0.05, 0.1) is 5.56 Å². The number of alkyl halides is 4. The smallest absolute Gasteiger partial charge is 0.394 e. The predicted octanol–water partition coefficient (Wildman–Crippen LogP) is 4.41. The van der Waals surface area contributed by atoms with Gasteiger partial charge in [-0.25, -0.2) is 9.97 Å². The number of nitrogens with one attached hydrogen (secondary N) is 1. The molecule has 1 heterocycles. The van der Waals surface area contributed by atoms with Gasteiger partial charge >= 0.3 is 6.18 Å². The predicted molar refractivity (Wildman–Crippen MR) is 91.3 cm³/mol. The normalized spacial score (nSPS) is 12.9. The molecule has 1 unspecified atom stereocenters. The van der Waals surface area contributed by atoms with Gasteiger partial charge < -0.3 is 11.1 Å². The van der Waals surface area contributed by atoms with Gasteiger partial charge in [-0.2, -0.15) is 13.2 Å². The van der Waals surface area contributed by atoms with Crippen molar-refractivity contribution in [2.45, 2.75) is 29.9 Å². The van der Waals surface area contributed by atoms with E-state index in [1.165, 1.54) is 30.2 Å². The molecule has 0 spiro atoms. The number of hydrogen-bond acceptors (Lipinski definition) is 5. The highest BCUT2D eigenvalue weighted by Crippen LogP contribution is 2.31. The molecule has 0 saturated heterocycles. The molecule has 2 aromatic rings. The third kappa shape index (κ3) is 4.91. The lowest BCUT2D eigenvalue weighted by atomic mass is 10.1. The minimum atomic E-state index is -4.34. The molecular formula is C15H16ClF3N4S. The maximum Gasteiger partial charge on any atom is 0.416 e. The van der Waals surface area contributed by atoms with Crippen LogP contribution >= 0.6 is 23.4 Å². The molecule has 0 amide bonds. The highest BCUT2D eigenvalue weighted by Gasteiger charge is 2.29. The maximum absolute atomic E-state index is 12.5. The average Bonchev–Trinajstić information content (AvgIpc) is 2.55. The second kappa shape index (κ2) is 7.94. The first-order chi connectivity index (χ1) is 11.3. The van der Waals surface area contributed by atoms with E-state index in [4.69, 9.17) is 17.3 Å². The van der Waals surface area contributed by atoms with Crippen molar-refractivity contribution in [2.75, 3.05) is 16.9 Å². The van der Waals surface area contributed by atoms with E-state index in [2.05, 4.69) is 15.3 Å². The van der Waals surface area contributed by atoms with E-state index in [-0.39, 0.29) is 5.25 Å². The van der Waals surface area contributed by atoms with Gasteiger partial charge in [0, 0.05) is 17.7 Å². The number of benzene rings is 1. The first kappa shape index (κ1) is 18.7. The van der Waals surface area contributed by atoms with Crippen molar-refractivity contribution < 1.29 is 13.2 Å². The Morgan fingerprint density at radius 3 is 2.50 bits per heavy atom. The van der Waals surface area contributed by atoms with Gasteiger partial charge in [0.1, 0.15) is 17.0 Å². The number of anilines is 2.